The van der Waals surface area contributed by atoms with Crippen molar-refractivity contribution < 1.29 is 9.21 Å². The van der Waals surface area contributed by atoms with Crippen molar-refractivity contribution in [2.24, 2.45) is 4.99 Å². The molecule has 1 aliphatic heterocycles. The van der Waals surface area contributed by atoms with Crippen LogP contribution in [-0.2, 0) is 4.79 Å². The number of amidine groups is 1. The largest absolute Gasteiger partial charge is 0.457 e. The molecule has 140 valence electrons. The van der Waals surface area contributed by atoms with Crippen LogP contribution in [0.15, 0.2) is 68.9 Å². The first-order chi connectivity index (χ1) is 13.5. The van der Waals surface area contributed by atoms with Crippen LogP contribution in [0.3, 0.4) is 0 Å². The number of hydrogen-bond donors (Lipinski definition) is 1. The molecule has 0 saturated carbocycles. The molecule has 4 rings (SSSR count). The molecule has 1 fully saturated rings. The molecule has 0 atom stereocenters. The number of furan rings is 1. The predicted molar refractivity (Wildman–Crippen MR) is 116 cm³/mol. The number of rotatable bonds is 3. The highest BCUT2D eigenvalue weighted by Gasteiger charge is 2.24. The zero-order valence-corrected chi connectivity index (χ0v) is 17.2. The standard InChI is InChI=1S/C20H11Cl3N2O2S/c21-13-7-5-11(9-15(13)23)17-8-6-12(27-17)10-18-19(26)25-20(28-18)24-16-4-2-1-3-14(16)22/h1-10H,(H,24,25,26). The van der Waals surface area contributed by atoms with Crippen LogP contribution in [0, 0.1) is 0 Å². The number of nitrogens with one attached hydrogen (secondary N) is 1. The Bertz CT molecular complexity index is 1140. The normalized spacial score (nSPS) is 16.8. The molecule has 0 spiro atoms. The number of hydrogen-bond acceptors (Lipinski definition) is 4. The van der Waals surface area contributed by atoms with Crippen molar-refractivity contribution in [3.8, 4) is 11.3 Å². The molecule has 1 aromatic heterocycles. The fourth-order valence-electron chi connectivity index (χ4n) is 2.50. The van der Waals surface area contributed by atoms with Crippen LogP contribution in [0.5, 0.6) is 0 Å². The molecule has 28 heavy (non-hydrogen) atoms. The average Bonchev–Trinajstić information content (AvgIpc) is 3.27. The lowest BCUT2D eigenvalue weighted by Crippen LogP contribution is -2.19. The number of amides is 1. The summed E-state index contributed by atoms with van der Waals surface area (Å²) in [6.07, 6.45) is 1.66. The van der Waals surface area contributed by atoms with Crippen molar-refractivity contribution in [3.05, 3.63) is 80.3 Å². The van der Waals surface area contributed by atoms with Gasteiger partial charge in [0.2, 0.25) is 0 Å². The lowest BCUT2D eigenvalue weighted by molar-refractivity contribution is -0.115. The highest BCUT2D eigenvalue weighted by molar-refractivity contribution is 8.18. The summed E-state index contributed by atoms with van der Waals surface area (Å²) in [7, 11) is 0. The highest BCUT2D eigenvalue weighted by Crippen LogP contribution is 2.33. The number of carbonyl (C=O) groups excluding carboxylic acids is 1. The Hall–Kier alpha value is -2.18. The molecule has 1 amide bonds. The molecule has 0 bridgehead atoms. The maximum Gasteiger partial charge on any atom is 0.264 e. The van der Waals surface area contributed by atoms with E-state index in [0.717, 1.165) is 5.56 Å². The first kappa shape index (κ1) is 19.2. The van der Waals surface area contributed by atoms with Gasteiger partial charge in [-0.15, -0.1) is 0 Å². The Balaban J connectivity index is 1.56. The van der Waals surface area contributed by atoms with Gasteiger partial charge >= 0.3 is 0 Å². The molecule has 4 nitrogen and oxygen atoms in total. The van der Waals surface area contributed by atoms with E-state index in [1.54, 1.807) is 36.4 Å². The van der Waals surface area contributed by atoms with Crippen LogP contribution < -0.4 is 5.32 Å². The van der Waals surface area contributed by atoms with E-state index in [1.165, 1.54) is 11.8 Å². The third kappa shape index (κ3) is 4.13. The second kappa shape index (κ2) is 8.05. The Morgan fingerprint density at radius 2 is 1.79 bits per heavy atom. The number of nitrogens with zero attached hydrogens (tertiary/aromatic N) is 1. The van der Waals surface area contributed by atoms with E-state index in [2.05, 4.69) is 10.3 Å². The van der Waals surface area contributed by atoms with E-state index in [0.29, 0.717) is 42.3 Å². The summed E-state index contributed by atoms with van der Waals surface area (Å²) in [6, 6.07) is 16.0. The second-order valence-corrected chi connectivity index (χ2v) is 8.02. The van der Waals surface area contributed by atoms with Gasteiger partial charge in [0.25, 0.3) is 5.91 Å². The van der Waals surface area contributed by atoms with Crippen molar-refractivity contribution in [2.45, 2.75) is 0 Å². The third-order valence-corrected chi connectivity index (χ3v) is 5.80. The van der Waals surface area contributed by atoms with Gasteiger partial charge in [0.15, 0.2) is 5.17 Å². The number of carbonyl (C=O) groups is 1. The van der Waals surface area contributed by atoms with Gasteiger partial charge in [-0.25, -0.2) is 4.99 Å². The molecule has 1 saturated heterocycles. The summed E-state index contributed by atoms with van der Waals surface area (Å²) in [5.41, 5.74) is 1.39. The fraction of sp³-hybridized carbons (Fsp3) is 0. The number of benzene rings is 2. The van der Waals surface area contributed by atoms with Gasteiger partial charge in [0.1, 0.15) is 11.5 Å². The summed E-state index contributed by atoms with van der Waals surface area (Å²) < 4.78 is 5.82. The molecular weight excluding hydrogens is 439 g/mol. The maximum absolute atomic E-state index is 12.2. The molecular formula is C20H11Cl3N2O2S. The Labute approximate surface area is 180 Å². The van der Waals surface area contributed by atoms with Crippen molar-refractivity contribution in [2.75, 3.05) is 0 Å². The minimum Gasteiger partial charge on any atom is -0.457 e. The molecule has 2 aromatic carbocycles. The van der Waals surface area contributed by atoms with Gasteiger partial charge in [-0.1, -0.05) is 46.9 Å². The van der Waals surface area contributed by atoms with Crippen LogP contribution in [0.1, 0.15) is 5.76 Å². The Morgan fingerprint density at radius 1 is 0.964 bits per heavy atom. The summed E-state index contributed by atoms with van der Waals surface area (Å²) in [5, 5.41) is 4.62. The first-order valence-electron chi connectivity index (χ1n) is 8.09. The van der Waals surface area contributed by atoms with Gasteiger partial charge in [-0.2, -0.15) is 0 Å². The van der Waals surface area contributed by atoms with Crippen LogP contribution in [0.4, 0.5) is 5.69 Å². The first-order valence-corrected chi connectivity index (χ1v) is 10.0. The van der Waals surface area contributed by atoms with E-state index in [4.69, 9.17) is 39.2 Å². The lowest BCUT2D eigenvalue weighted by Gasteiger charge is -1.99. The number of halogens is 3. The SMILES string of the molecule is O=C1NC(=Nc2ccccc2Cl)SC1=Cc1ccc(-c2ccc(Cl)c(Cl)c2)o1. The number of thioether (sulfide) groups is 1. The fourth-order valence-corrected chi connectivity index (χ4v) is 3.79. The van der Waals surface area contributed by atoms with Crippen molar-refractivity contribution >= 4 is 69.4 Å². The molecule has 8 heteroatoms. The minimum absolute atomic E-state index is 0.247. The second-order valence-electron chi connectivity index (χ2n) is 5.76. The average molecular weight is 450 g/mol. The van der Waals surface area contributed by atoms with E-state index < -0.39 is 0 Å². The predicted octanol–water partition coefficient (Wildman–Crippen LogP) is 6.80. The Kier molecular flexibility index (Phi) is 5.51. The summed E-state index contributed by atoms with van der Waals surface area (Å²) in [5.74, 6) is 0.916. The van der Waals surface area contributed by atoms with Crippen molar-refractivity contribution in [1.82, 2.24) is 5.32 Å². The summed E-state index contributed by atoms with van der Waals surface area (Å²) in [6.45, 7) is 0. The van der Waals surface area contributed by atoms with Gasteiger partial charge < -0.3 is 9.73 Å². The summed E-state index contributed by atoms with van der Waals surface area (Å²) in [4.78, 5) is 17.1. The van der Waals surface area contributed by atoms with Crippen molar-refractivity contribution in [3.63, 3.8) is 0 Å². The maximum atomic E-state index is 12.2. The van der Waals surface area contributed by atoms with Crippen LogP contribution in [-0.4, -0.2) is 11.1 Å². The zero-order chi connectivity index (χ0) is 19.7. The lowest BCUT2D eigenvalue weighted by atomic mass is 10.2. The molecule has 0 radical (unpaired) electrons. The zero-order valence-electron chi connectivity index (χ0n) is 14.1. The van der Waals surface area contributed by atoms with E-state index in [9.17, 15) is 4.79 Å². The molecule has 1 N–H and O–H groups in total. The van der Waals surface area contributed by atoms with Gasteiger partial charge in [0.05, 0.1) is 25.7 Å². The molecule has 3 aromatic rings. The molecule has 0 aliphatic carbocycles. The topological polar surface area (TPSA) is 54.6 Å². The molecule has 1 aliphatic rings. The quantitative estimate of drug-likeness (QED) is 0.447. The molecule has 2 heterocycles. The van der Waals surface area contributed by atoms with Crippen LogP contribution in [0.2, 0.25) is 15.1 Å². The van der Waals surface area contributed by atoms with Gasteiger partial charge in [-0.3, -0.25) is 4.79 Å². The van der Waals surface area contributed by atoms with Gasteiger partial charge in [-0.05, 0) is 54.2 Å². The smallest absolute Gasteiger partial charge is 0.264 e. The molecule has 0 unspecified atom stereocenters. The van der Waals surface area contributed by atoms with E-state index >= 15 is 0 Å². The summed E-state index contributed by atoms with van der Waals surface area (Å²) >= 11 is 19.3. The Morgan fingerprint density at radius 3 is 2.57 bits per heavy atom. The van der Waals surface area contributed by atoms with E-state index in [-0.39, 0.29) is 5.91 Å². The monoisotopic (exact) mass is 448 g/mol. The van der Waals surface area contributed by atoms with Crippen LogP contribution in [0.25, 0.3) is 17.4 Å². The third-order valence-electron chi connectivity index (χ3n) is 3.83. The van der Waals surface area contributed by atoms with Crippen LogP contribution >= 0.6 is 46.6 Å². The van der Waals surface area contributed by atoms with Gasteiger partial charge in [0, 0.05) is 11.6 Å². The highest BCUT2D eigenvalue weighted by atomic mass is 35.5. The number of para-hydroxylation sites is 1. The van der Waals surface area contributed by atoms with E-state index in [1.807, 2.05) is 24.3 Å². The van der Waals surface area contributed by atoms with Crippen molar-refractivity contribution in [1.29, 1.82) is 0 Å². The minimum atomic E-state index is -0.247. The number of aliphatic imine (C=N–C) groups is 1.